The van der Waals surface area contributed by atoms with Gasteiger partial charge >= 0.3 is 0 Å². The van der Waals surface area contributed by atoms with E-state index in [1.54, 1.807) is 32.9 Å². The van der Waals surface area contributed by atoms with Gasteiger partial charge in [-0.1, -0.05) is 31.7 Å². The van der Waals surface area contributed by atoms with Crippen molar-refractivity contribution < 1.29 is 18.0 Å². The topological polar surface area (TPSA) is 86.8 Å². The quantitative estimate of drug-likeness (QED) is 0.777. The Morgan fingerprint density at radius 1 is 1.32 bits per heavy atom. The van der Waals surface area contributed by atoms with Crippen molar-refractivity contribution >= 4 is 38.6 Å². The van der Waals surface area contributed by atoms with Gasteiger partial charge < -0.3 is 10.2 Å². The first-order chi connectivity index (χ1) is 11.8. The van der Waals surface area contributed by atoms with Crippen LogP contribution in [0.5, 0.6) is 0 Å². The maximum Gasteiger partial charge on any atom is 0.282 e. The maximum atomic E-state index is 12.6. The molecule has 1 saturated heterocycles. The lowest BCUT2D eigenvalue weighted by atomic mass is 10.2. The van der Waals surface area contributed by atoms with Crippen LogP contribution in [-0.2, 0) is 14.8 Å². The fraction of sp³-hybridized carbons (Fsp3) is 0.500. The van der Waals surface area contributed by atoms with Gasteiger partial charge in [-0.15, -0.1) is 0 Å². The molecule has 0 saturated carbocycles. The van der Waals surface area contributed by atoms with Gasteiger partial charge in [0.15, 0.2) is 0 Å². The Morgan fingerprint density at radius 2 is 2.00 bits per heavy atom. The molecule has 7 nitrogen and oxygen atoms in total. The Morgan fingerprint density at radius 3 is 2.56 bits per heavy atom. The molecule has 1 fully saturated rings. The molecule has 25 heavy (non-hydrogen) atoms. The standard InChI is InChI=1S/C16H23N3O4S2/c1-4-19(5-2)25(22,23)13-7-6-12(3)14(10-13)17-15(20)11-18-8-9-24-16(18)21/h6-7,10H,4-5,8-9,11H2,1-3H3,(H,17,20). The van der Waals surface area contributed by atoms with Crippen molar-refractivity contribution in [2.45, 2.75) is 25.7 Å². The van der Waals surface area contributed by atoms with E-state index in [0.29, 0.717) is 31.1 Å². The van der Waals surface area contributed by atoms with Crippen LogP contribution in [0.15, 0.2) is 23.1 Å². The Bertz CT molecular complexity index is 761. The van der Waals surface area contributed by atoms with Gasteiger partial charge in [0.25, 0.3) is 5.24 Å². The third-order valence-corrected chi connectivity index (χ3v) is 6.94. The van der Waals surface area contributed by atoms with Crippen LogP contribution in [0.1, 0.15) is 19.4 Å². The number of benzene rings is 1. The molecule has 2 amide bonds. The van der Waals surface area contributed by atoms with Gasteiger partial charge in [0.1, 0.15) is 6.54 Å². The molecule has 138 valence electrons. The summed E-state index contributed by atoms with van der Waals surface area (Å²) < 4.78 is 26.6. The molecule has 0 aliphatic carbocycles. The number of carbonyl (C=O) groups is 2. The van der Waals surface area contributed by atoms with Gasteiger partial charge in [-0.05, 0) is 24.6 Å². The van der Waals surface area contributed by atoms with Gasteiger partial charge in [-0.2, -0.15) is 4.31 Å². The number of nitrogens with zero attached hydrogens (tertiary/aromatic N) is 2. The number of nitrogens with one attached hydrogen (secondary N) is 1. The number of sulfonamides is 1. The van der Waals surface area contributed by atoms with Crippen molar-refractivity contribution in [3.05, 3.63) is 23.8 Å². The summed E-state index contributed by atoms with van der Waals surface area (Å²) in [5, 5.41) is 2.61. The molecular formula is C16H23N3O4S2. The van der Waals surface area contributed by atoms with Crippen molar-refractivity contribution in [3.8, 4) is 0 Å². The summed E-state index contributed by atoms with van der Waals surface area (Å²) in [6.07, 6.45) is 0. The molecular weight excluding hydrogens is 362 g/mol. The van der Waals surface area contributed by atoms with E-state index in [4.69, 9.17) is 0 Å². The average molecular weight is 386 g/mol. The highest BCUT2D eigenvalue weighted by Gasteiger charge is 2.25. The fourth-order valence-electron chi connectivity index (χ4n) is 2.54. The smallest absolute Gasteiger partial charge is 0.282 e. The third-order valence-electron chi connectivity index (χ3n) is 4.01. The monoisotopic (exact) mass is 385 g/mol. The first-order valence-electron chi connectivity index (χ1n) is 8.12. The molecule has 1 aliphatic heterocycles. The molecule has 1 aromatic rings. The van der Waals surface area contributed by atoms with E-state index < -0.39 is 10.0 Å². The lowest BCUT2D eigenvalue weighted by Crippen LogP contribution is -2.33. The second-order valence-electron chi connectivity index (χ2n) is 5.65. The molecule has 0 unspecified atom stereocenters. The predicted octanol–water partition coefficient (Wildman–Crippen LogP) is 2.13. The van der Waals surface area contributed by atoms with Crippen LogP contribution in [0.2, 0.25) is 0 Å². The molecule has 9 heteroatoms. The highest BCUT2D eigenvalue weighted by molar-refractivity contribution is 8.13. The van der Waals surface area contributed by atoms with E-state index in [-0.39, 0.29) is 22.6 Å². The van der Waals surface area contributed by atoms with Gasteiger partial charge in [0.2, 0.25) is 15.9 Å². The minimum absolute atomic E-state index is 0.0295. The summed E-state index contributed by atoms with van der Waals surface area (Å²) in [6, 6.07) is 4.68. The van der Waals surface area contributed by atoms with Crippen LogP contribution in [0, 0.1) is 6.92 Å². The Labute approximate surface area is 152 Å². The largest absolute Gasteiger partial charge is 0.324 e. The van der Waals surface area contributed by atoms with E-state index in [2.05, 4.69) is 5.32 Å². The van der Waals surface area contributed by atoms with Crippen molar-refractivity contribution in [3.63, 3.8) is 0 Å². The van der Waals surface area contributed by atoms with E-state index >= 15 is 0 Å². The number of amides is 2. The number of thioether (sulfide) groups is 1. The predicted molar refractivity (Wildman–Crippen MR) is 99.3 cm³/mol. The first-order valence-corrected chi connectivity index (χ1v) is 10.5. The van der Waals surface area contributed by atoms with Crippen LogP contribution in [0.4, 0.5) is 10.5 Å². The van der Waals surface area contributed by atoms with Gasteiger partial charge in [0, 0.05) is 31.1 Å². The molecule has 2 rings (SSSR count). The zero-order valence-electron chi connectivity index (χ0n) is 14.6. The molecule has 1 N–H and O–H groups in total. The molecule has 1 aliphatic rings. The minimum Gasteiger partial charge on any atom is -0.324 e. The Kier molecular flexibility index (Phi) is 6.47. The zero-order valence-corrected chi connectivity index (χ0v) is 16.2. The molecule has 1 heterocycles. The van der Waals surface area contributed by atoms with Crippen molar-refractivity contribution in [2.75, 3.05) is 37.2 Å². The van der Waals surface area contributed by atoms with E-state index in [1.807, 2.05) is 0 Å². The molecule has 0 bridgehead atoms. The molecule has 0 radical (unpaired) electrons. The average Bonchev–Trinajstić information content (AvgIpc) is 2.95. The summed E-state index contributed by atoms with van der Waals surface area (Å²) in [5.74, 6) is 0.347. The number of carbonyl (C=O) groups excluding carboxylic acids is 2. The molecule has 0 atom stereocenters. The fourth-order valence-corrected chi connectivity index (χ4v) is 4.85. The normalized spacial score (nSPS) is 15.0. The minimum atomic E-state index is -3.59. The van der Waals surface area contributed by atoms with Gasteiger partial charge in [-0.25, -0.2) is 8.42 Å². The van der Waals surface area contributed by atoms with Gasteiger partial charge in [0.05, 0.1) is 4.90 Å². The molecule has 1 aromatic carbocycles. The first kappa shape index (κ1) is 19.7. The number of hydrogen-bond donors (Lipinski definition) is 1. The Balaban J connectivity index is 2.18. The summed E-state index contributed by atoms with van der Waals surface area (Å²) in [5.41, 5.74) is 1.20. The van der Waals surface area contributed by atoms with E-state index in [9.17, 15) is 18.0 Å². The SMILES string of the molecule is CCN(CC)S(=O)(=O)c1ccc(C)c(NC(=O)CN2CCSC2=O)c1. The van der Waals surface area contributed by atoms with Gasteiger partial charge in [-0.3, -0.25) is 9.59 Å². The second-order valence-corrected chi connectivity index (χ2v) is 8.63. The van der Waals surface area contributed by atoms with Crippen LogP contribution in [-0.4, -0.2) is 60.7 Å². The summed E-state index contributed by atoms with van der Waals surface area (Å²) in [7, 11) is -3.59. The zero-order chi connectivity index (χ0) is 18.6. The maximum absolute atomic E-state index is 12.6. The van der Waals surface area contributed by atoms with Crippen molar-refractivity contribution in [1.82, 2.24) is 9.21 Å². The number of rotatable bonds is 7. The number of aryl methyl sites for hydroxylation is 1. The lowest BCUT2D eigenvalue weighted by molar-refractivity contribution is -0.116. The lowest BCUT2D eigenvalue weighted by Gasteiger charge is -2.20. The highest BCUT2D eigenvalue weighted by atomic mass is 32.2. The number of anilines is 1. The van der Waals surface area contributed by atoms with Crippen LogP contribution in [0.3, 0.4) is 0 Å². The van der Waals surface area contributed by atoms with E-state index in [0.717, 1.165) is 5.56 Å². The number of hydrogen-bond acceptors (Lipinski definition) is 5. The molecule has 0 spiro atoms. The van der Waals surface area contributed by atoms with Crippen LogP contribution < -0.4 is 5.32 Å². The third kappa shape index (κ3) is 4.53. The summed E-state index contributed by atoms with van der Waals surface area (Å²) >= 11 is 1.19. The highest BCUT2D eigenvalue weighted by Crippen LogP contribution is 2.23. The summed E-state index contributed by atoms with van der Waals surface area (Å²) in [4.78, 5) is 25.4. The van der Waals surface area contributed by atoms with E-state index in [1.165, 1.54) is 27.0 Å². The molecule has 0 aromatic heterocycles. The van der Waals surface area contributed by atoms with Crippen LogP contribution in [0.25, 0.3) is 0 Å². The summed E-state index contributed by atoms with van der Waals surface area (Å²) in [6.45, 7) is 6.63. The second kappa shape index (κ2) is 8.20. The van der Waals surface area contributed by atoms with Crippen molar-refractivity contribution in [2.24, 2.45) is 0 Å². The van der Waals surface area contributed by atoms with Crippen LogP contribution >= 0.6 is 11.8 Å². The Hall–Kier alpha value is -1.58. The van der Waals surface area contributed by atoms with Crippen molar-refractivity contribution in [1.29, 1.82) is 0 Å².